The summed E-state index contributed by atoms with van der Waals surface area (Å²) in [6.07, 6.45) is 2.18. The van der Waals surface area contributed by atoms with E-state index in [1.54, 1.807) is 36.4 Å². The average Bonchev–Trinajstić information content (AvgIpc) is 3.02. The van der Waals surface area contributed by atoms with Crippen molar-refractivity contribution in [3.8, 4) is 5.75 Å². The lowest BCUT2D eigenvalue weighted by Crippen LogP contribution is -2.24. The zero-order valence-corrected chi connectivity index (χ0v) is 18.5. The minimum atomic E-state index is -3.92. The molecule has 1 fully saturated rings. The van der Waals surface area contributed by atoms with E-state index in [9.17, 15) is 13.2 Å². The Hall–Kier alpha value is -1.92. The fourth-order valence-electron chi connectivity index (χ4n) is 2.29. The van der Waals surface area contributed by atoms with E-state index < -0.39 is 10.1 Å². The van der Waals surface area contributed by atoms with Gasteiger partial charge in [0.1, 0.15) is 10.6 Å². The van der Waals surface area contributed by atoms with Crippen LogP contribution in [0.4, 0.5) is 0 Å². The van der Waals surface area contributed by atoms with Gasteiger partial charge in [0.2, 0.25) is 5.91 Å². The highest BCUT2D eigenvalue weighted by molar-refractivity contribution is 14.1. The van der Waals surface area contributed by atoms with Crippen molar-refractivity contribution < 1.29 is 17.4 Å². The molecule has 0 aromatic heterocycles. The van der Waals surface area contributed by atoms with Gasteiger partial charge < -0.3 is 9.50 Å². The molecule has 0 spiro atoms. The summed E-state index contributed by atoms with van der Waals surface area (Å²) in [5.74, 6) is 0.0994. The molecule has 7 nitrogen and oxygen atoms in total. The molecule has 1 saturated heterocycles. The lowest BCUT2D eigenvalue weighted by molar-refractivity contribution is -0.118. The molecule has 1 N–H and O–H groups in total. The lowest BCUT2D eigenvalue weighted by atomic mass is 10.2. The number of halogens is 1. The Balaban J connectivity index is 1.70. The third-order valence-electron chi connectivity index (χ3n) is 3.67. The van der Waals surface area contributed by atoms with Crippen LogP contribution in [-0.2, 0) is 14.9 Å². The molecule has 3 rings (SSSR count). The summed E-state index contributed by atoms with van der Waals surface area (Å²) in [4.78, 5) is 11.7. The van der Waals surface area contributed by atoms with Gasteiger partial charge in [-0.3, -0.25) is 4.79 Å². The van der Waals surface area contributed by atoms with Crippen molar-refractivity contribution in [3.05, 3.63) is 57.7 Å². The molecule has 0 aliphatic carbocycles. The van der Waals surface area contributed by atoms with E-state index in [-0.39, 0.29) is 21.8 Å². The molecular weight excluding hydrogens is 513 g/mol. The summed E-state index contributed by atoms with van der Waals surface area (Å²) in [7, 11) is -3.92. The van der Waals surface area contributed by atoms with Crippen LogP contribution in [0.1, 0.15) is 18.9 Å². The number of benzene rings is 2. The normalized spacial score (nSPS) is 18.6. The number of hydrogen-bond acceptors (Lipinski definition) is 7. The minimum Gasteiger partial charge on any atom is -0.379 e. The van der Waals surface area contributed by atoms with Crippen LogP contribution in [0.25, 0.3) is 0 Å². The Labute approximate surface area is 180 Å². The summed E-state index contributed by atoms with van der Waals surface area (Å²) < 4.78 is 30.9. The molecular formula is C18H16IN3O4S2. The van der Waals surface area contributed by atoms with E-state index in [1.807, 2.05) is 6.92 Å². The Bertz CT molecular complexity index is 1040. The average molecular weight is 529 g/mol. The van der Waals surface area contributed by atoms with Crippen molar-refractivity contribution in [2.75, 3.05) is 0 Å². The monoisotopic (exact) mass is 529 g/mol. The van der Waals surface area contributed by atoms with E-state index in [0.717, 1.165) is 3.57 Å². The predicted molar refractivity (Wildman–Crippen MR) is 118 cm³/mol. The summed E-state index contributed by atoms with van der Waals surface area (Å²) in [5, 5.41) is 10.9. The minimum absolute atomic E-state index is 0.0716. The number of rotatable bonds is 6. The second-order valence-electron chi connectivity index (χ2n) is 5.72. The third-order valence-corrected chi connectivity index (χ3v) is 6.89. The van der Waals surface area contributed by atoms with Crippen molar-refractivity contribution in [1.29, 1.82) is 0 Å². The van der Waals surface area contributed by atoms with Gasteiger partial charge in [-0.15, -0.1) is 5.10 Å². The first-order valence-corrected chi connectivity index (χ1v) is 11.6. The maximum Gasteiger partial charge on any atom is 0.339 e. The van der Waals surface area contributed by atoms with E-state index >= 15 is 0 Å². The van der Waals surface area contributed by atoms with Gasteiger partial charge in [-0.25, -0.2) is 0 Å². The highest BCUT2D eigenvalue weighted by atomic mass is 127. The molecule has 2 aromatic rings. The van der Waals surface area contributed by atoms with Crippen molar-refractivity contribution in [3.63, 3.8) is 0 Å². The Kier molecular flexibility index (Phi) is 6.73. The SMILES string of the molecule is CC[C@@H]1S/C(=N\N=C/c2cccc(OS(=O)(=O)c3ccc(I)cc3)c2)NC1=O. The molecule has 1 aliphatic heterocycles. The summed E-state index contributed by atoms with van der Waals surface area (Å²) >= 11 is 3.43. The fraction of sp³-hybridized carbons (Fsp3) is 0.167. The van der Waals surface area contributed by atoms with E-state index in [1.165, 1.54) is 30.1 Å². The van der Waals surface area contributed by atoms with Crippen LogP contribution >= 0.6 is 34.4 Å². The lowest BCUT2D eigenvalue weighted by Gasteiger charge is -2.07. The molecule has 0 unspecified atom stereocenters. The maximum absolute atomic E-state index is 12.4. The standard InChI is InChI=1S/C18H16IN3O4S2/c1-2-16-17(23)21-18(27-16)22-20-11-12-4-3-5-14(10-12)26-28(24,25)15-8-6-13(19)7-9-15/h3-11,16H,2H2,1H3,(H,21,22,23)/b20-11-/t16-/m0/s1. The van der Waals surface area contributed by atoms with Crippen molar-refractivity contribution in [1.82, 2.24) is 5.32 Å². The predicted octanol–water partition coefficient (Wildman–Crippen LogP) is 3.39. The molecule has 2 aromatic carbocycles. The largest absolute Gasteiger partial charge is 0.379 e. The molecule has 10 heteroatoms. The zero-order chi connectivity index (χ0) is 20.1. The number of amides is 1. The van der Waals surface area contributed by atoms with E-state index in [2.05, 4.69) is 38.1 Å². The van der Waals surface area contributed by atoms with Gasteiger partial charge in [-0.05, 0) is 71.0 Å². The van der Waals surface area contributed by atoms with E-state index in [4.69, 9.17) is 4.18 Å². The number of carbonyl (C=O) groups is 1. The first-order chi connectivity index (χ1) is 13.4. The van der Waals surface area contributed by atoms with Gasteiger partial charge >= 0.3 is 10.1 Å². The van der Waals surface area contributed by atoms with Crippen LogP contribution in [0.2, 0.25) is 0 Å². The Morgan fingerprint density at radius 3 is 2.68 bits per heavy atom. The van der Waals surface area contributed by atoms with Gasteiger partial charge in [0.15, 0.2) is 5.17 Å². The maximum atomic E-state index is 12.4. The van der Waals surface area contributed by atoms with Gasteiger partial charge in [-0.1, -0.05) is 30.8 Å². The topological polar surface area (TPSA) is 97.2 Å². The van der Waals surface area contributed by atoms with Crippen molar-refractivity contribution >= 4 is 61.8 Å². The Morgan fingerprint density at radius 2 is 2.00 bits per heavy atom. The van der Waals surface area contributed by atoms with Crippen LogP contribution in [0.3, 0.4) is 0 Å². The number of amidine groups is 1. The van der Waals surface area contributed by atoms with E-state index in [0.29, 0.717) is 17.2 Å². The van der Waals surface area contributed by atoms with Gasteiger partial charge in [0.05, 0.1) is 11.5 Å². The summed E-state index contributed by atoms with van der Waals surface area (Å²) in [5.41, 5.74) is 0.612. The molecule has 0 saturated carbocycles. The van der Waals surface area contributed by atoms with Crippen LogP contribution in [-0.4, -0.2) is 31.0 Å². The van der Waals surface area contributed by atoms with Gasteiger partial charge in [0, 0.05) is 3.57 Å². The number of hydrogen-bond donors (Lipinski definition) is 1. The molecule has 0 radical (unpaired) electrons. The molecule has 1 heterocycles. The smallest absolute Gasteiger partial charge is 0.339 e. The third kappa shape index (κ3) is 5.32. The molecule has 1 aliphatic rings. The van der Waals surface area contributed by atoms with Gasteiger partial charge in [-0.2, -0.15) is 13.5 Å². The van der Waals surface area contributed by atoms with Crippen LogP contribution in [0.5, 0.6) is 5.75 Å². The first kappa shape index (κ1) is 20.8. The van der Waals surface area contributed by atoms with Crippen LogP contribution < -0.4 is 9.50 Å². The quantitative estimate of drug-likeness (QED) is 0.268. The molecule has 0 bridgehead atoms. The number of carbonyl (C=O) groups excluding carboxylic acids is 1. The zero-order valence-electron chi connectivity index (χ0n) is 14.7. The van der Waals surface area contributed by atoms with Crippen molar-refractivity contribution in [2.45, 2.75) is 23.5 Å². The highest BCUT2D eigenvalue weighted by Gasteiger charge is 2.28. The molecule has 1 atom stereocenters. The summed E-state index contributed by atoms with van der Waals surface area (Å²) in [6.45, 7) is 1.93. The van der Waals surface area contributed by atoms with Gasteiger partial charge in [0.25, 0.3) is 0 Å². The first-order valence-electron chi connectivity index (χ1n) is 8.26. The number of nitrogens with one attached hydrogen (secondary N) is 1. The molecule has 28 heavy (non-hydrogen) atoms. The van der Waals surface area contributed by atoms with Crippen LogP contribution in [0, 0.1) is 3.57 Å². The van der Waals surface area contributed by atoms with Crippen molar-refractivity contribution in [2.24, 2.45) is 10.2 Å². The number of thioether (sulfide) groups is 1. The fourth-order valence-corrected chi connectivity index (χ4v) is 4.43. The molecule has 1 amide bonds. The second kappa shape index (κ2) is 9.05. The Morgan fingerprint density at radius 1 is 1.25 bits per heavy atom. The van der Waals surface area contributed by atoms with Crippen LogP contribution in [0.15, 0.2) is 63.6 Å². The summed E-state index contributed by atoms with van der Waals surface area (Å²) in [6, 6.07) is 12.9. The molecule has 146 valence electrons. The second-order valence-corrected chi connectivity index (χ2v) is 9.70. The highest BCUT2D eigenvalue weighted by Crippen LogP contribution is 2.22. The number of nitrogens with zero attached hydrogens (tertiary/aromatic N) is 2.